The Morgan fingerprint density at radius 3 is 2.61 bits per heavy atom. The monoisotopic (exact) mass is 257 g/mol. The largest absolute Gasteiger partial charge is 0.458 e. The first-order valence-corrected chi connectivity index (χ1v) is 6.42. The third-order valence-corrected chi connectivity index (χ3v) is 2.57. The topological polar surface area (TPSA) is 64.6 Å². The van der Waals surface area contributed by atoms with Gasteiger partial charge in [-0.05, 0) is 40.5 Å². The van der Waals surface area contributed by atoms with Gasteiger partial charge >= 0.3 is 5.97 Å². The van der Waals surface area contributed by atoms with E-state index < -0.39 is 17.6 Å². The molecule has 0 aromatic carbocycles. The van der Waals surface area contributed by atoms with Crippen LogP contribution in [-0.2, 0) is 19.1 Å². The molecule has 1 fully saturated rings. The van der Waals surface area contributed by atoms with Crippen LogP contribution in [0.1, 0.15) is 47.0 Å². The van der Waals surface area contributed by atoms with E-state index in [9.17, 15) is 9.59 Å². The molecule has 5 heteroatoms. The molecule has 1 aliphatic heterocycles. The quantitative estimate of drug-likeness (QED) is 0.773. The van der Waals surface area contributed by atoms with Gasteiger partial charge in [0.15, 0.2) is 0 Å². The summed E-state index contributed by atoms with van der Waals surface area (Å²) in [5.74, 6) is -0.580. The maximum Gasteiger partial charge on any atom is 0.328 e. The van der Waals surface area contributed by atoms with Gasteiger partial charge in [-0.25, -0.2) is 4.79 Å². The molecule has 1 N–H and O–H groups in total. The molecule has 1 unspecified atom stereocenters. The van der Waals surface area contributed by atoms with Crippen LogP contribution in [0.15, 0.2) is 0 Å². The van der Waals surface area contributed by atoms with Gasteiger partial charge in [-0.3, -0.25) is 4.79 Å². The number of amides is 1. The van der Waals surface area contributed by atoms with Gasteiger partial charge in [0.05, 0.1) is 12.5 Å². The van der Waals surface area contributed by atoms with Crippen molar-refractivity contribution in [3.05, 3.63) is 0 Å². The summed E-state index contributed by atoms with van der Waals surface area (Å²) in [7, 11) is 0. The predicted octanol–water partition coefficient (Wildman–Crippen LogP) is 1.40. The Morgan fingerprint density at radius 1 is 1.44 bits per heavy atom. The van der Waals surface area contributed by atoms with Gasteiger partial charge < -0.3 is 14.8 Å². The third kappa shape index (κ3) is 5.49. The number of hydrogen-bond acceptors (Lipinski definition) is 4. The summed E-state index contributed by atoms with van der Waals surface area (Å²) in [5.41, 5.74) is -0.537. The summed E-state index contributed by atoms with van der Waals surface area (Å²) in [5, 5.41) is 2.64. The zero-order valence-corrected chi connectivity index (χ0v) is 11.6. The molecule has 0 bridgehead atoms. The van der Waals surface area contributed by atoms with E-state index >= 15 is 0 Å². The van der Waals surface area contributed by atoms with Gasteiger partial charge in [0.25, 0.3) is 0 Å². The van der Waals surface area contributed by atoms with Crippen molar-refractivity contribution < 1.29 is 19.1 Å². The molecule has 1 amide bonds. The molecule has 5 nitrogen and oxygen atoms in total. The number of ether oxygens (including phenoxy) is 2. The summed E-state index contributed by atoms with van der Waals surface area (Å²) in [4.78, 5) is 23.3. The number of hydrogen-bond donors (Lipinski definition) is 1. The van der Waals surface area contributed by atoms with Crippen LogP contribution in [0, 0.1) is 0 Å². The van der Waals surface area contributed by atoms with Gasteiger partial charge in [0, 0.05) is 6.61 Å². The lowest BCUT2D eigenvalue weighted by Gasteiger charge is -2.23. The maximum atomic E-state index is 11.7. The molecule has 1 rings (SSSR count). The smallest absolute Gasteiger partial charge is 0.328 e. The average molecular weight is 257 g/mol. The van der Waals surface area contributed by atoms with Crippen LogP contribution in [-0.4, -0.2) is 36.2 Å². The molecule has 0 aromatic rings. The van der Waals surface area contributed by atoms with Gasteiger partial charge in [-0.2, -0.15) is 0 Å². The van der Waals surface area contributed by atoms with Crippen molar-refractivity contribution in [3.63, 3.8) is 0 Å². The Kier molecular flexibility index (Phi) is 5.14. The molecule has 0 radical (unpaired) electrons. The van der Waals surface area contributed by atoms with E-state index in [2.05, 4.69) is 5.32 Å². The first-order valence-electron chi connectivity index (χ1n) is 6.42. The molecular weight excluding hydrogens is 234 g/mol. The Bertz CT molecular complexity index is 303. The number of nitrogens with one attached hydrogen (secondary N) is 1. The SMILES string of the molecule is C[C@H](NC(=O)CC1CCCO1)C(=O)OC(C)(C)C. The van der Waals surface area contributed by atoms with Crippen molar-refractivity contribution in [2.45, 2.75) is 64.7 Å². The van der Waals surface area contributed by atoms with Crippen molar-refractivity contribution in [2.24, 2.45) is 0 Å². The van der Waals surface area contributed by atoms with Gasteiger partial charge in [0.2, 0.25) is 5.91 Å². The number of carbonyl (C=O) groups excluding carboxylic acids is 2. The van der Waals surface area contributed by atoms with Crippen molar-refractivity contribution >= 4 is 11.9 Å². The molecule has 2 atom stereocenters. The van der Waals surface area contributed by atoms with Gasteiger partial charge in [0.1, 0.15) is 11.6 Å². The van der Waals surface area contributed by atoms with Crippen LogP contribution in [0.25, 0.3) is 0 Å². The standard InChI is InChI=1S/C13H23NO4/c1-9(12(16)18-13(2,3)4)14-11(15)8-10-6-5-7-17-10/h9-10H,5-8H2,1-4H3,(H,14,15)/t9-,10?/m0/s1. The fourth-order valence-corrected chi connectivity index (χ4v) is 1.76. The molecule has 0 spiro atoms. The van der Waals surface area contributed by atoms with Crippen molar-refractivity contribution in [2.75, 3.05) is 6.61 Å². The zero-order chi connectivity index (χ0) is 13.8. The fourth-order valence-electron chi connectivity index (χ4n) is 1.76. The predicted molar refractivity (Wildman–Crippen MR) is 67.0 cm³/mol. The summed E-state index contributed by atoms with van der Waals surface area (Å²) in [6.45, 7) is 7.74. The van der Waals surface area contributed by atoms with Crippen LogP contribution in [0.5, 0.6) is 0 Å². The van der Waals surface area contributed by atoms with E-state index in [1.165, 1.54) is 0 Å². The summed E-state index contributed by atoms with van der Waals surface area (Å²) in [6.07, 6.45) is 2.22. The molecule has 1 aliphatic rings. The van der Waals surface area contributed by atoms with Crippen LogP contribution in [0.4, 0.5) is 0 Å². The highest BCUT2D eigenvalue weighted by atomic mass is 16.6. The normalized spacial score (nSPS) is 21.4. The lowest BCUT2D eigenvalue weighted by molar-refractivity contribution is -0.158. The molecule has 0 aromatic heterocycles. The lowest BCUT2D eigenvalue weighted by atomic mass is 10.1. The highest BCUT2D eigenvalue weighted by molar-refractivity contribution is 5.84. The van der Waals surface area contributed by atoms with Crippen molar-refractivity contribution in [3.8, 4) is 0 Å². The number of carbonyl (C=O) groups is 2. The summed E-state index contributed by atoms with van der Waals surface area (Å²) < 4.78 is 10.6. The van der Waals surface area contributed by atoms with Crippen LogP contribution in [0.3, 0.4) is 0 Å². The molecule has 0 aliphatic carbocycles. The third-order valence-electron chi connectivity index (χ3n) is 2.57. The second kappa shape index (κ2) is 6.18. The van der Waals surface area contributed by atoms with Gasteiger partial charge in [-0.1, -0.05) is 0 Å². The average Bonchev–Trinajstić information content (AvgIpc) is 2.67. The van der Waals surface area contributed by atoms with Crippen LogP contribution < -0.4 is 5.32 Å². The molecule has 104 valence electrons. The minimum Gasteiger partial charge on any atom is -0.458 e. The van der Waals surface area contributed by atoms with E-state index in [1.54, 1.807) is 27.7 Å². The number of rotatable bonds is 4. The molecule has 0 saturated carbocycles. The van der Waals surface area contributed by atoms with E-state index in [0.717, 1.165) is 19.4 Å². The van der Waals surface area contributed by atoms with E-state index in [-0.39, 0.29) is 12.0 Å². The zero-order valence-electron chi connectivity index (χ0n) is 11.6. The lowest BCUT2D eigenvalue weighted by Crippen LogP contribution is -2.43. The molecule has 18 heavy (non-hydrogen) atoms. The fraction of sp³-hybridized carbons (Fsp3) is 0.846. The maximum absolute atomic E-state index is 11.7. The summed E-state index contributed by atoms with van der Waals surface area (Å²) >= 11 is 0. The minimum atomic E-state index is -0.627. The summed E-state index contributed by atoms with van der Waals surface area (Å²) in [6, 6.07) is -0.627. The molecule has 1 saturated heterocycles. The highest BCUT2D eigenvalue weighted by Crippen LogP contribution is 2.15. The first-order chi connectivity index (χ1) is 8.28. The van der Waals surface area contributed by atoms with E-state index in [0.29, 0.717) is 6.42 Å². The van der Waals surface area contributed by atoms with Crippen LogP contribution in [0.2, 0.25) is 0 Å². The van der Waals surface area contributed by atoms with E-state index in [4.69, 9.17) is 9.47 Å². The number of esters is 1. The Balaban J connectivity index is 2.31. The first kappa shape index (κ1) is 15.0. The Hall–Kier alpha value is -1.10. The van der Waals surface area contributed by atoms with Gasteiger partial charge in [-0.15, -0.1) is 0 Å². The molecule has 1 heterocycles. The highest BCUT2D eigenvalue weighted by Gasteiger charge is 2.25. The molecular formula is C13H23NO4. The van der Waals surface area contributed by atoms with Crippen molar-refractivity contribution in [1.29, 1.82) is 0 Å². The van der Waals surface area contributed by atoms with Crippen LogP contribution >= 0.6 is 0 Å². The second-order valence-electron chi connectivity index (χ2n) is 5.66. The van der Waals surface area contributed by atoms with E-state index in [1.807, 2.05) is 0 Å². The Morgan fingerprint density at radius 2 is 2.11 bits per heavy atom. The van der Waals surface area contributed by atoms with Crippen molar-refractivity contribution in [1.82, 2.24) is 5.32 Å². The minimum absolute atomic E-state index is 0.00386. The second-order valence-corrected chi connectivity index (χ2v) is 5.66. The Labute approximate surface area is 108 Å².